The van der Waals surface area contributed by atoms with Crippen molar-refractivity contribution >= 4 is 17.9 Å². The van der Waals surface area contributed by atoms with Gasteiger partial charge in [0, 0.05) is 19.5 Å². The van der Waals surface area contributed by atoms with Crippen LogP contribution in [-0.4, -0.2) is 29.1 Å². The fourth-order valence-electron chi connectivity index (χ4n) is 2.00. The van der Waals surface area contributed by atoms with Crippen molar-refractivity contribution in [2.24, 2.45) is 4.99 Å². The van der Waals surface area contributed by atoms with E-state index in [1.807, 2.05) is 13.8 Å². The third kappa shape index (κ3) is 2.27. The van der Waals surface area contributed by atoms with Gasteiger partial charge in [0.25, 0.3) is 5.91 Å². The van der Waals surface area contributed by atoms with E-state index in [2.05, 4.69) is 21.9 Å². The highest BCUT2D eigenvalue weighted by Crippen LogP contribution is 2.27. The maximum Gasteiger partial charge on any atom is 0.261 e. The van der Waals surface area contributed by atoms with Gasteiger partial charge < -0.3 is 10.2 Å². The number of aliphatic imine (C=N–C) groups is 1. The van der Waals surface area contributed by atoms with E-state index >= 15 is 0 Å². The minimum Gasteiger partial charge on any atom is -0.323 e. The molecule has 0 spiro atoms. The molecule has 0 aromatic carbocycles. The molecule has 98 valence electrons. The summed E-state index contributed by atoms with van der Waals surface area (Å²) in [5.74, 6) is 0.953. The predicted molar refractivity (Wildman–Crippen MR) is 76.0 cm³/mol. The third-order valence-corrected chi connectivity index (χ3v) is 2.80. The lowest BCUT2D eigenvalue weighted by Gasteiger charge is -2.20. The number of carbonyl (C=O) groups is 1. The summed E-state index contributed by atoms with van der Waals surface area (Å²) < 4.78 is 0. The van der Waals surface area contributed by atoms with Crippen molar-refractivity contribution in [1.82, 2.24) is 9.88 Å². The lowest BCUT2D eigenvalue weighted by atomic mass is 10.2. The maximum absolute atomic E-state index is 12.4. The summed E-state index contributed by atoms with van der Waals surface area (Å²) in [7, 11) is 1.71. The number of pyridine rings is 1. The van der Waals surface area contributed by atoms with Gasteiger partial charge >= 0.3 is 0 Å². The second-order valence-electron chi connectivity index (χ2n) is 4.25. The summed E-state index contributed by atoms with van der Waals surface area (Å²) in [5.41, 5.74) is 1.95. The topological polar surface area (TPSA) is 57.6 Å². The number of allylic oxidation sites excluding steroid dienone is 1. The predicted octanol–water partition coefficient (Wildman–Crippen LogP) is 2.42. The highest BCUT2D eigenvalue weighted by molar-refractivity contribution is 6.01. The summed E-state index contributed by atoms with van der Waals surface area (Å²) in [6, 6.07) is 3.48. The van der Waals surface area contributed by atoms with Gasteiger partial charge in [0.2, 0.25) is 0 Å². The Hall–Kier alpha value is -2.43. The largest absolute Gasteiger partial charge is 0.323 e. The van der Waals surface area contributed by atoms with Gasteiger partial charge in [0.1, 0.15) is 5.82 Å². The van der Waals surface area contributed by atoms with E-state index in [0.29, 0.717) is 22.9 Å². The molecule has 19 heavy (non-hydrogen) atoms. The fraction of sp³-hybridized carbons (Fsp3) is 0.214. The number of nitrogens with zero attached hydrogens (tertiary/aromatic N) is 3. The van der Waals surface area contributed by atoms with E-state index in [9.17, 15) is 4.79 Å². The standard InChI is InChI=1S/C14H16N4O/c1-5-15-13-11(9(2)3)18(4)14(19)10-7-6-8-16-12(10)17-13/h5-8H,2H2,1,3-4H3,(H,16,17)/b15-5-. The number of likely N-dealkylation sites (N-methyl/N-ethyl adjacent to an activating group) is 1. The Balaban J connectivity index is 2.66. The maximum atomic E-state index is 12.4. The first-order valence-corrected chi connectivity index (χ1v) is 5.95. The van der Waals surface area contributed by atoms with E-state index in [4.69, 9.17) is 0 Å². The van der Waals surface area contributed by atoms with Crippen molar-refractivity contribution in [3.8, 4) is 0 Å². The molecule has 0 atom stereocenters. The zero-order chi connectivity index (χ0) is 14.0. The minimum absolute atomic E-state index is 0.130. The molecule has 0 saturated carbocycles. The third-order valence-electron chi connectivity index (χ3n) is 2.80. The zero-order valence-electron chi connectivity index (χ0n) is 11.3. The summed E-state index contributed by atoms with van der Waals surface area (Å²) in [6.07, 6.45) is 3.30. The Morgan fingerprint density at radius 1 is 1.58 bits per heavy atom. The second-order valence-corrected chi connectivity index (χ2v) is 4.25. The molecule has 2 rings (SSSR count). The Labute approximate surface area is 112 Å². The molecule has 1 aliphatic heterocycles. The number of anilines is 1. The summed E-state index contributed by atoms with van der Waals surface area (Å²) in [5, 5.41) is 3.10. The van der Waals surface area contributed by atoms with Crippen LogP contribution < -0.4 is 5.32 Å². The molecule has 0 bridgehead atoms. The van der Waals surface area contributed by atoms with Crippen LogP contribution in [0, 0.1) is 0 Å². The van der Waals surface area contributed by atoms with Gasteiger partial charge in [-0.15, -0.1) is 0 Å². The number of carbonyl (C=O) groups excluding carboxylic acids is 1. The van der Waals surface area contributed by atoms with Gasteiger partial charge in [-0.1, -0.05) is 6.58 Å². The van der Waals surface area contributed by atoms with E-state index in [1.165, 1.54) is 0 Å². The van der Waals surface area contributed by atoms with Gasteiger partial charge in [0.05, 0.1) is 11.3 Å². The van der Waals surface area contributed by atoms with E-state index in [0.717, 1.165) is 5.57 Å². The molecule has 0 aliphatic carbocycles. The van der Waals surface area contributed by atoms with Crippen LogP contribution in [0.4, 0.5) is 5.82 Å². The van der Waals surface area contributed by atoms with Crippen LogP contribution in [0.15, 0.2) is 47.0 Å². The molecule has 1 aliphatic rings. The van der Waals surface area contributed by atoms with Crippen molar-refractivity contribution in [1.29, 1.82) is 0 Å². The SMILES string of the molecule is C=C(C)C1=C(/N=C\C)Nc2ncccc2C(=O)N1C. The molecule has 5 heteroatoms. The number of rotatable bonds is 2. The first-order chi connectivity index (χ1) is 9.06. The van der Waals surface area contributed by atoms with Crippen LogP contribution in [0.3, 0.4) is 0 Å². The lowest BCUT2D eigenvalue weighted by molar-refractivity contribution is 0.0840. The molecule has 2 heterocycles. The molecule has 0 radical (unpaired) electrons. The quantitative estimate of drug-likeness (QED) is 0.827. The first-order valence-electron chi connectivity index (χ1n) is 5.95. The van der Waals surface area contributed by atoms with Crippen LogP contribution in [-0.2, 0) is 0 Å². The zero-order valence-corrected chi connectivity index (χ0v) is 11.3. The van der Waals surface area contributed by atoms with E-state index in [-0.39, 0.29) is 5.91 Å². The Kier molecular flexibility index (Phi) is 3.46. The normalized spacial score (nSPS) is 15.3. The van der Waals surface area contributed by atoms with Gasteiger partial charge in [-0.3, -0.25) is 4.79 Å². The molecule has 0 unspecified atom stereocenters. The van der Waals surface area contributed by atoms with Gasteiger partial charge in [-0.2, -0.15) is 0 Å². The molecular formula is C14H16N4O. The van der Waals surface area contributed by atoms with Crippen molar-refractivity contribution in [2.45, 2.75) is 13.8 Å². The van der Waals surface area contributed by atoms with Crippen LogP contribution in [0.5, 0.6) is 0 Å². The monoisotopic (exact) mass is 256 g/mol. The molecule has 0 saturated heterocycles. The number of aromatic nitrogens is 1. The molecule has 5 nitrogen and oxygen atoms in total. The summed E-state index contributed by atoms with van der Waals surface area (Å²) in [6.45, 7) is 7.57. The van der Waals surface area contributed by atoms with Crippen molar-refractivity contribution in [3.05, 3.63) is 47.6 Å². The van der Waals surface area contributed by atoms with Gasteiger partial charge in [-0.25, -0.2) is 9.98 Å². The summed E-state index contributed by atoms with van der Waals surface area (Å²) in [4.78, 5) is 22.4. The average molecular weight is 256 g/mol. The number of amides is 1. The van der Waals surface area contributed by atoms with Crippen molar-refractivity contribution in [2.75, 3.05) is 12.4 Å². The van der Waals surface area contributed by atoms with Crippen LogP contribution >= 0.6 is 0 Å². The van der Waals surface area contributed by atoms with Gasteiger partial charge in [0.15, 0.2) is 5.82 Å². The second kappa shape index (κ2) is 5.06. The molecule has 0 fully saturated rings. The lowest BCUT2D eigenvalue weighted by Crippen LogP contribution is -2.26. The van der Waals surface area contributed by atoms with Crippen molar-refractivity contribution in [3.63, 3.8) is 0 Å². The highest BCUT2D eigenvalue weighted by atomic mass is 16.2. The Morgan fingerprint density at radius 3 is 2.95 bits per heavy atom. The number of hydrogen-bond donors (Lipinski definition) is 1. The highest BCUT2D eigenvalue weighted by Gasteiger charge is 2.26. The molecule has 1 aromatic heterocycles. The summed E-state index contributed by atoms with van der Waals surface area (Å²) >= 11 is 0. The molecular weight excluding hydrogens is 240 g/mol. The Bertz CT molecular complexity index is 601. The number of hydrogen-bond acceptors (Lipinski definition) is 4. The minimum atomic E-state index is -0.130. The fourth-order valence-corrected chi connectivity index (χ4v) is 2.00. The first kappa shape index (κ1) is 13.0. The molecule has 1 N–H and O–H groups in total. The number of fused-ring (bicyclic) bond motifs is 1. The van der Waals surface area contributed by atoms with Crippen LogP contribution in [0.1, 0.15) is 24.2 Å². The van der Waals surface area contributed by atoms with Crippen molar-refractivity contribution < 1.29 is 4.79 Å². The van der Waals surface area contributed by atoms with E-state index in [1.54, 1.807) is 36.5 Å². The molecule has 1 aromatic rings. The number of nitrogens with one attached hydrogen (secondary N) is 1. The molecule has 1 amide bonds. The van der Waals surface area contributed by atoms with Crippen LogP contribution in [0.2, 0.25) is 0 Å². The van der Waals surface area contributed by atoms with E-state index < -0.39 is 0 Å². The van der Waals surface area contributed by atoms with Crippen LogP contribution in [0.25, 0.3) is 0 Å². The smallest absolute Gasteiger partial charge is 0.261 e. The van der Waals surface area contributed by atoms with Gasteiger partial charge in [-0.05, 0) is 31.6 Å². The average Bonchev–Trinajstić information content (AvgIpc) is 2.47. The Morgan fingerprint density at radius 2 is 2.32 bits per heavy atom.